The topological polar surface area (TPSA) is 85.4 Å². The van der Waals surface area contributed by atoms with Crippen molar-refractivity contribution in [3.8, 4) is 11.5 Å². The Labute approximate surface area is 174 Å². The molecule has 1 aliphatic rings. The molecule has 10 heteroatoms. The lowest BCUT2D eigenvalue weighted by molar-refractivity contribution is -0.115. The third kappa shape index (κ3) is 4.75. The van der Waals surface area contributed by atoms with Crippen molar-refractivity contribution in [3.63, 3.8) is 0 Å². The minimum absolute atomic E-state index is 0.105. The standard InChI is InChI=1S/C18H18N4O3S3/c1-11(16(23)20-12-4-5-14-15(9-12)25-10-24-14)27-18-22-21-17(28-18)19-7-6-13-3-2-8-26-13/h2-5,8-9,11H,6-7,10H2,1H3,(H,19,21)(H,20,23). The summed E-state index contributed by atoms with van der Waals surface area (Å²) in [4.78, 5) is 13.8. The van der Waals surface area contributed by atoms with E-state index in [1.807, 2.05) is 6.92 Å². The van der Waals surface area contributed by atoms with Crippen LogP contribution in [-0.2, 0) is 11.2 Å². The fourth-order valence-electron chi connectivity index (χ4n) is 2.50. The molecule has 0 saturated carbocycles. The number of thiophene rings is 1. The Morgan fingerprint density at radius 3 is 3.04 bits per heavy atom. The molecule has 0 bridgehead atoms. The minimum Gasteiger partial charge on any atom is -0.454 e. The number of thioether (sulfide) groups is 1. The van der Waals surface area contributed by atoms with Crippen LogP contribution in [0.5, 0.6) is 11.5 Å². The van der Waals surface area contributed by atoms with Gasteiger partial charge in [-0.2, -0.15) is 0 Å². The lowest BCUT2D eigenvalue weighted by Gasteiger charge is -2.10. The first-order valence-corrected chi connectivity index (χ1v) is 11.2. The number of amides is 1. The fraction of sp³-hybridized carbons (Fsp3) is 0.278. The van der Waals surface area contributed by atoms with Gasteiger partial charge in [-0.3, -0.25) is 4.79 Å². The highest BCUT2D eigenvalue weighted by Crippen LogP contribution is 2.35. The van der Waals surface area contributed by atoms with Crippen molar-refractivity contribution in [3.05, 3.63) is 40.6 Å². The van der Waals surface area contributed by atoms with Crippen molar-refractivity contribution in [2.45, 2.75) is 22.9 Å². The summed E-state index contributed by atoms with van der Waals surface area (Å²) in [6.45, 7) is 2.86. The van der Waals surface area contributed by atoms with Gasteiger partial charge in [0.25, 0.3) is 0 Å². The van der Waals surface area contributed by atoms with Crippen molar-refractivity contribution in [1.82, 2.24) is 10.2 Å². The van der Waals surface area contributed by atoms with Gasteiger partial charge < -0.3 is 20.1 Å². The van der Waals surface area contributed by atoms with E-state index in [2.05, 4.69) is 38.3 Å². The predicted octanol–water partition coefficient (Wildman–Crippen LogP) is 4.10. The Kier molecular flexibility index (Phi) is 5.98. The van der Waals surface area contributed by atoms with E-state index >= 15 is 0 Å². The van der Waals surface area contributed by atoms with Crippen molar-refractivity contribution in [2.75, 3.05) is 24.0 Å². The van der Waals surface area contributed by atoms with Gasteiger partial charge in [-0.25, -0.2) is 0 Å². The summed E-state index contributed by atoms with van der Waals surface area (Å²) in [5, 5.41) is 17.0. The second kappa shape index (κ2) is 8.80. The molecule has 0 fully saturated rings. The van der Waals surface area contributed by atoms with E-state index in [0.717, 1.165) is 22.4 Å². The number of hydrogen-bond acceptors (Lipinski definition) is 9. The van der Waals surface area contributed by atoms with Gasteiger partial charge in [0.05, 0.1) is 5.25 Å². The molecule has 4 rings (SSSR count). The Bertz CT molecular complexity index is 945. The number of benzene rings is 1. The molecule has 3 aromatic rings. The maximum atomic E-state index is 12.5. The lowest BCUT2D eigenvalue weighted by Crippen LogP contribution is -2.22. The van der Waals surface area contributed by atoms with Gasteiger partial charge in [0.2, 0.25) is 17.8 Å². The molecule has 1 aromatic carbocycles. The molecule has 3 heterocycles. The molecule has 2 aromatic heterocycles. The number of aromatic nitrogens is 2. The second-order valence-electron chi connectivity index (χ2n) is 5.95. The highest BCUT2D eigenvalue weighted by Gasteiger charge is 2.19. The third-order valence-electron chi connectivity index (χ3n) is 3.92. The summed E-state index contributed by atoms with van der Waals surface area (Å²) >= 11 is 4.59. The molecule has 0 saturated heterocycles. The number of rotatable bonds is 8. The first kappa shape index (κ1) is 19.0. The summed E-state index contributed by atoms with van der Waals surface area (Å²) in [6.07, 6.45) is 0.952. The normalized spacial score (nSPS) is 13.3. The number of carbonyl (C=O) groups is 1. The van der Waals surface area contributed by atoms with Crippen LogP contribution in [0.1, 0.15) is 11.8 Å². The molecule has 28 heavy (non-hydrogen) atoms. The van der Waals surface area contributed by atoms with Crippen molar-refractivity contribution in [2.24, 2.45) is 0 Å². The van der Waals surface area contributed by atoms with Gasteiger partial charge in [-0.05, 0) is 36.9 Å². The highest BCUT2D eigenvalue weighted by molar-refractivity contribution is 8.02. The van der Waals surface area contributed by atoms with Crippen LogP contribution in [0.25, 0.3) is 0 Å². The number of nitrogens with one attached hydrogen (secondary N) is 2. The summed E-state index contributed by atoms with van der Waals surface area (Å²) < 4.78 is 11.4. The Balaban J connectivity index is 1.26. The number of anilines is 2. The van der Waals surface area contributed by atoms with Crippen LogP contribution in [0.2, 0.25) is 0 Å². The molecule has 0 spiro atoms. The van der Waals surface area contributed by atoms with E-state index in [1.54, 1.807) is 29.5 Å². The van der Waals surface area contributed by atoms with Gasteiger partial charge in [-0.15, -0.1) is 21.5 Å². The number of hydrogen-bond donors (Lipinski definition) is 2. The van der Waals surface area contributed by atoms with E-state index in [1.165, 1.54) is 28.0 Å². The summed E-state index contributed by atoms with van der Waals surface area (Å²) in [6, 6.07) is 9.51. The number of nitrogens with zero attached hydrogens (tertiary/aromatic N) is 2. The highest BCUT2D eigenvalue weighted by atomic mass is 32.2. The van der Waals surface area contributed by atoms with Gasteiger partial charge in [0.15, 0.2) is 15.8 Å². The van der Waals surface area contributed by atoms with Crippen LogP contribution in [-0.4, -0.2) is 34.7 Å². The Morgan fingerprint density at radius 1 is 1.29 bits per heavy atom. The monoisotopic (exact) mass is 434 g/mol. The quantitative estimate of drug-likeness (QED) is 0.516. The zero-order valence-electron chi connectivity index (χ0n) is 15.0. The molecule has 1 atom stereocenters. The average molecular weight is 435 g/mol. The zero-order chi connectivity index (χ0) is 19.3. The molecule has 0 radical (unpaired) electrons. The molecule has 0 aliphatic carbocycles. The van der Waals surface area contributed by atoms with E-state index in [0.29, 0.717) is 17.2 Å². The van der Waals surface area contributed by atoms with Gasteiger partial charge in [0, 0.05) is 23.2 Å². The maximum Gasteiger partial charge on any atom is 0.237 e. The van der Waals surface area contributed by atoms with Gasteiger partial charge in [0.1, 0.15) is 0 Å². The van der Waals surface area contributed by atoms with E-state index in [4.69, 9.17) is 9.47 Å². The third-order valence-corrected chi connectivity index (χ3v) is 6.92. The average Bonchev–Trinajstić information content (AvgIpc) is 3.43. The number of carbonyl (C=O) groups excluding carboxylic acids is 1. The number of fused-ring (bicyclic) bond motifs is 1. The molecule has 1 unspecified atom stereocenters. The minimum atomic E-state index is -0.308. The molecule has 2 N–H and O–H groups in total. The molecule has 1 aliphatic heterocycles. The molecule has 146 valence electrons. The number of ether oxygens (including phenoxy) is 2. The van der Waals surface area contributed by atoms with Crippen LogP contribution in [0.3, 0.4) is 0 Å². The van der Waals surface area contributed by atoms with E-state index in [9.17, 15) is 4.79 Å². The first-order valence-electron chi connectivity index (χ1n) is 8.64. The molecular formula is C18H18N4O3S3. The molecular weight excluding hydrogens is 416 g/mol. The smallest absolute Gasteiger partial charge is 0.237 e. The van der Waals surface area contributed by atoms with Crippen LogP contribution >= 0.6 is 34.4 Å². The SMILES string of the molecule is CC(Sc1nnc(NCCc2cccs2)s1)C(=O)Nc1ccc2c(c1)OCO2. The van der Waals surface area contributed by atoms with Crippen molar-refractivity contribution < 1.29 is 14.3 Å². The molecule has 1 amide bonds. The predicted molar refractivity (Wildman–Crippen MR) is 113 cm³/mol. The Morgan fingerprint density at radius 2 is 2.18 bits per heavy atom. The van der Waals surface area contributed by atoms with Crippen LogP contribution in [0, 0.1) is 0 Å². The van der Waals surface area contributed by atoms with Gasteiger partial charge in [-0.1, -0.05) is 29.2 Å². The fourth-order valence-corrected chi connectivity index (χ4v) is 5.13. The van der Waals surface area contributed by atoms with Gasteiger partial charge >= 0.3 is 0 Å². The van der Waals surface area contributed by atoms with E-state index in [-0.39, 0.29) is 18.0 Å². The van der Waals surface area contributed by atoms with Crippen molar-refractivity contribution >= 4 is 51.2 Å². The lowest BCUT2D eigenvalue weighted by atomic mass is 10.2. The second-order valence-corrected chi connectivity index (χ2v) is 9.54. The largest absolute Gasteiger partial charge is 0.454 e. The summed E-state index contributed by atoms with van der Waals surface area (Å²) in [7, 11) is 0. The Hall–Kier alpha value is -2.30. The zero-order valence-corrected chi connectivity index (χ0v) is 17.5. The van der Waals surface area contributed by atoms with Crippen LogP contribution < -0.4 is 20.1 Å². The first-order chi connectivity index (χ1) is 13.7. The summed E-state index contributed by atoms with van der Waals surface area (Å²) in [5.74, 6) is 1.22. The van der Waals surface area contributed by atoms with Crippen LogP contribution in [0.4, 0.5) is 10.8 Å². The summed E-state index contributed by atoms with van der Waals surface area (Å²) in [5.41, 5.74) is 0.676. The maximum absolute atomic E-state index is 12.5. The van der Waals surface area contributed by atoms with Crippen LogP contribution in [0.15, 0.2) is 40.1 Å². The molecule has 7 nitrogen and oxygen atoms in total. The van der Waals surface area contributed by atoms with E-state index < -0.39 is 0 Å². The van der Waals surface area contributed by atoms with Crippen molar-refractivity contribution in [1.29, 1.82) is 0 Å².